The first-order valence-corrected chi connectivity index (χ1v) is 6.35. The fraction of sp³-hybridized carbons (Fsp3) is 0.417. The van der Waals surface area contributed by atoms with Gasteiger partial charge in [-0.15, -0.1) is 0 Å². The minimum absolute atomic E-state index is 0.00514. The largest absolute Gasteiger partial charge is 0.306 e. The van der Waals surface area contributed by atoms with Crippen LogP contribution in [0.4, 0.5) is 0 Å². The van der Waals surface area contributed by atoms with Gasteiger partial charge < -0.3 is 5.32 Å². The molecule has 1 N–H and O–H groups in total. The number of ketones is 1. The Hall–Kier alpha value is -0.800. The van der Waals surface area contributed by atoms with Gasteiger partial charge >= 0.3 is 0 Å². The summed E-state index contributed by atoms with van der Waals surface area (Å²) in [5.41, 5.74) is 1.97. The smallest absolute Gasteiger partial charge is 0.180 e. The number of carbonyl (C=O) groups is 1. The topological polar surface area (TPSA) is 29.1 Å². The summed E-state index contributed by atoms with van der Waals surface area (Å²) in [6.45, 7) is 2.95. The molecule has 1 atom stereocenters. The van der Waals surface area contributed by atoms with E-state index in [1.54, 1.807) is 0 Å². The van der Waals surface area contributed by atoms with Crippen molar-refractivity contribution in [2.45, 2.75) is 13.0 Å². The maximum absolute atomic E-state index is 12.1. The van der Waals surface area contributed by atoms with E-state index in [2.05, 4.69) is 5.32 Å². The Morgan fingerprint density at radius 2 is 2.40 bits per heavy atom. The third kappa shape index (κ3) is 2.61. The van der Waals surface area contributed by atoms with Crippen LogP contribution in [0.2, 0.25) is 0 Å². The standard InChI is InChI=1S/C12H15NOS/c1-9-3-2-4-10(7-9)12(14)11-8-15-6-5-13-11/h2-4,7,11,13H,5-6,8H2,1H3. The molecule has 2 rings (SSSR count). The molecule has 0 radical (unpaired) electrons. The highest BCUT2D eigenvalue weighted by atomic mass is 32.2. The van der Waals surface area contributed by atoms with Crippen molar-refractivity contribution in [1.29, 1.82) is 0 Å². The van der Waals surface area contributed by atoms with Gasteiger partial charge in [-0.05, 0) is 13.0 Å². The molecule has 0 aliphatic carbocycles. The molecule has 1 aliphatic heterocycles. The van der Waals surface area contributed by atoms with E-state index in [1.807, 2.05) is 43.0 Å². The van der Waals surface area contributed by atoms with Crippen LogP contribution < -0.4 is 5.32 Å². The second kappa shape index (κ2) is 4.81. The van der Waals surface area contributed by atoms with Crippen LogP contribution in [0, 0.1) is 6.92 Å². The van der Waals surface area contributed by atoms with Gasteiger partial charge in [-0.1, -0.05) is 23.8 Å². The second-order valence-corrected chi connectivity index (χ2v) is 4.97. The fourth-order valence-corrected chi connectivity index (χ4v) is 2.67. The van der Waals surface area contributed by atoms with Crippen molar-refractivity contribution in [2.24, 2.45) is 0 Å². The van der Waals surface area contributed by atoms with Crippen molar-refractivity contribution in [1.82, 2.24) is 5.32 Å². The molecule has 1 aliphatic rings. The Labute approximate surface area is 94.4 Å². The highest BCUT2D eigenvalue weighted by molar-refractivity contribution is 7.99. The Bertz CT molecular complexity index is 358. The first-order chi connectivity index (χ1) is 7.27. The summed E-state index contributed by atoms with van der Waals surface area (Å²) in [4.78, 5) is 12.1. The number of aryl methyl sites for hydroxylation is 1. The van der Waals surface area contributed by atoms with E-state index in [4.69, 9.17) is 0 Å². The van der Waals surface area contributed by atoms with E-state index >= 15 is 0 Å². The third-order valence-electron chi connectivity index (χ3n) is 2.54. The molecular formula is C12H15NOS. The zero-order chi connectivity index (χ0) is 10.7. The van der Waals surface area contributed by atoms with Crippen molar-refractivity contribution in [3.05, 3.63) is 35.4 Å². The van der Waals surface area contributed by atoms with Gasteiger partial charge in [0.05, 0.1) is 6.04 Å². The van der Waals surface area contributed by atoms with Crippen molar-refractivity contribution in [2.75, 3.05) is 18.1 Å². The van der Waals surface area contributed by atoms with Crippen molar-refractivity contribution in [3.8, 4) is 0 Å². The number of thioether (sulfide) groups is 1. The summed E-state index contributed by atoms with van der Waals surface area (Å²) in [5.74, 6) is 2.23. The zero-order valence-electron chi connectivity index (χ0n) is 8.82. The quantitative estimate of drug-likeness (QED) is 0.773. The maximum atomic E-state index is 12.1. The number of rotatable bonds is 2. The number of nitrogens with one attached hydrogen (secondary N) is 1. The molecule has 2 nitrogen and oxygen atoms in total. The van der Waals surface area contributed by atoms with Gasteiger partial charge in [0.2, 0.25) is 0 Å². The number of hydrogen-bond acceptors (Lipinski definition) is 3. The van der Waals surface area contributed by atoms with Gasteiger partial charge in [-0.3, -0.25) is 4.79 Å². The van der Waals surface area contributed by atoms with Gasteiger partial charge in [0.1, 0.15) is 0 Å². The lowest BCUT2D eigenvalue weighted by Gasteiger charge is -2.21. The average Bonchev–Trinajstić information content (AvgIpc) is 2.29. The molecule has 0 saturated carbocycles. The fourth-order valence-electron chi connectivity index (χ4n) is 1.73. The second-order valence-electron chi connectivity index (χ2n) is 3.82. The van der Waals surface area contributed by atoms with Gasteiger partial charge in [0.15, 0.2) is 5.78 Å². The lowest BCUT2D eigenvalue weighted by Crippen LogP contribution is -2.43. The Morgan fingerprint density at radius 1 is 1.53 bits per heavy atom. The summed E-state index contributed by atoms with van der Waals surface area (Å²) in [7, 11) is 0. The number of hydrogen-bond donors (Lipinski definition) is 1. The molecule has 0 bridgehead atoms. The minimum atomic E-state index is 0.00514. The summed E-state index contributed by atoms with van der Waals surface area (Å²) >= 11 is 1.85. The summed E-state index contributed by atoms with van der Waals surface area (Å²) in [6.07, 6.45) is 0. The molecule has 1 heterocycles. The molecule has 0 amide bonds. The van der Waals surface area contributed by atoms with E-state index in [-0.39, 0.29) is 11.8 Å². The van der Waals surface area contributed by atoms with Crippen LogP contribution >= 0.6 is 11.8 Å². The molecule has 0 aromatic heterocycles. The summed E-state index contributed by atoms with van der Waals surface area (Å²) in [6, 6.07) is 7.82. The molecule has 0 spiro atoms. The Kier molecular flexibility index (Phi) is 3.44. The monoisotopic (exact) mass is 221 g/mol. The summed E-state index contributed by atoms with van der Waals surface area (Å²) in [5, 5.41) is 3.27. The van der Waals surface area contributed by atoms with Crippen LogP contribution in [0.1, 0.15) is 15.9 Å². The number of Topliss-reactive ketones (excluding diaryl/α,β-unsaturated/α-hetero) is 1. The molecule has 1 aromatic carbocycles. The third-order valence-corrected chi connectivity index (χ3v) is 3.60. The maximum Gasteiger partial charge on any atom is 0.180 e. The molecule has 80 valence electrons. The number of carbonyl (C=O) groups excluding carboxylic acids is 1. The SMILES string of the molecule is Cc1cccc(C(=O)C2CSCCN2)c1. The predicted molar refractivity (Wildman–Crippen MR) is 64.6 cm³/mol. The van der Waals surface area contributed by atoms with Crippen LogP contribution in [0.3, 0.4) is 0 Å². The van der Waals surface area contributed by atoms with Gasteiger partial charge in [0, 0.05) is 23.6 Å². The molecule has 3 heteroatoms. The predicted octanol–water partition coefficient (Wildman–Crippen LogP) is 1.88. The van der Waals surface area contributed by atoms with Crippen LogP contribution in [0.5, 0.6) is 0 Å². The van der Waals surface area contributed by atoms with Gasteiger partial charge in [-0.25, -0.2) is 0 Å². The van der Waals surface area contributed by atoms with E-state index in [0.717, 1.165) is 29.2 Å². The van der Waals surface area contributed by atoms with Crippen LogP contribution in [-0.4, -0.2) is 29.9 Å². The Balaban J connectivity index is 2.12. The molecular weight excluding hydrogens is 206 g/mol. The normalized spacial score (nSPS) is 21.3. The van der Waals surface area contributed by atoms with Gasteiger partial charge in [0.25, 0.3) is 0 Å². The van der Waals surface area contributed by atoms with E-state index < -0.39 is 0 Å². The van der Waals surface area contributed by atoms with E-state index in [0.29, 0.717) is 0 Å². The van der Waals surface area contributed by atoms with Gasteiger partial charge in [-0.2, -0.15) is 11.8 Å². The van der Waals surface area contributed by atoms with Crippen LogP contribution in [-0.2, 0) is 0 Å². The zero-order valence-corrected chi connectivity index (χ0v) is 9.64. The van der Waals surface area contributed by atoms with Crippen molar-refractivity contribution >= 4 is 17.5 Å². The number of benzene rings is 1. The highest BCUT2D eigenvalue weighted by Crippen LogP contribution is 2.13. The van der Waals surface area contributed by atoms with Crippen molar-refractivity contribution < 1.29 is 4.79 Å². The lowest BCUT2D eigenvalue weighted by atomic mass is 10.0. The van der Waals surface area contributed by atoms with Crippen molar-refractivity contribution in [3.63, 3.8) is 0 Å². The first-order valence-electron chi connectivity index (χ1n) is 5.19. The van der Waals surface area contributed by atoms with Crippen LogP contribution in [0.15, 0.2) is 24.3 Å². The average molecular weight is 221 g/mol. The lowest BCUT2D eigenvalue weighted by molar-refractivity contribution is 0.0953. The molecule has 1 fully saturated rings. The van der Waals surface area contributed by atoms with E-state index in [1.165, 1.54) is 0 Å². The van der Waals surface area contributed by atoms with E-state index in [9.17, 15) is 4.79 Å². The minimum Gasteiger partial charge on any atom is -0.306 e. The summed E-state index contributed by atoms with van der Waals surface area (Å²) < 4.78 is 0. The molecule has 1 aromatic rings. The molecule has 1 unspecified atom stereocenters. The Morgan fingerprint density at radius 3 is 3.07 bits per heavy atom. The van der Waals surface area contributed by atoms with Crippen LogP contribution in [0.25, 0.3) is 0 Å². The highest BCUT2D eigenvalue weighted by Gasteiger charge is 2.21. The molecule has 15 heavy (non-hydrogen) atoms. The molecule has 1 saturated heterocycles. The first kappa shape index (κ1) is 10.7.